The standard InChI is InChI=1S/C26H26ClFN2O3/c1-25(2,16-31)19-7-5-17(14-20(19)28)24(32)29-12-9-26(10-13-29)23-4-3-11-30(23)21-8-6-18(27)15-22(21)33-26/h3-8,11,14-15,31H,9-10,12-13,16H2,1-2H3. The molecule has 0 unspecified atom stereocenters. The van der Waals surface area contributed by atoms with Crippen molar-refractivity contribution in [2.45, 2.75) is 37.7 Å². The molecule has 172 valence electrons. The summed E-state index contributed by atoms with van der Waals surface area (Å²) in [5.74, 6) is 0.0529. The van der Waals surface area contributed by atoms with E-state index in [-0.39, 0.29) is 12.5 Å². The van der Waals surface area contributed by atoms with Crippen molar-refractivity contribution in [3.63, 3.8) is 0 Å². The molecule has 5 rings (SSSR count). The van der Waals surface area contributed by atoms with Crippen molar-refractivity contribution in [1.29, 1.82) is 0 Å². The van der Waals surface area contributed by atoms with E-state index in [0.717, 1.165) is 17.1 Å². The van der Waals surface area contributed by atoms with Gasteiger partial charge in [0.25, 0.3) is 5.91 Å². The minimum absolute atomic E-state index is 0.179. The van der Waals surface area contributed by atoms with Gasteiger partial charge in [-0.1, -0.05) is 31.5 Å². The van der Waals surface area contributed by atoms with E-state index in [0.29, 0.717) is 42.1 Å². The third kappa shape index (κ3) is 3.62. The Morgan fingerprint density at radius 2 is 1.94 bits per heavy atom. The number of hydrogen-bond acceptors (Lipinski definition) is 3. The molecule has 2 aliphatic heterocycles. The van der Waals surface area contributed by atoms with Gasteiger partial charge in [-0.2, -0.15) is 0 Å². The molecule has 1 spiro atoms. The van der Waals surface area contributed by atoms with Crippen molar-refractivity contribution < 1.29 is 19.0 Å². The largest absolute Gasteiger partial charge is 0.479 e. The second-order valence-electron chi connectivity index (χ2n) is 9.50. The Bertz CT molecular complexity index is 1230. The first-order valence-electron chi connectivity index (χ1n) is 11.1. The maximum absolute atomic E-state index is 14.7. The highest BCUT2D eigenvalue weighted by Crippen LogP contribution is 2.45. The van der Waals surface area contributed by atoms with Gasteiger partial charge in [0.1, 0.15) is 11.6 Å². The molecule has 1 amide bonds. The lowest BCUT2D eigenvalue weighted by Crippen LogP contribution is -2.50. The topological polar surface area (TPSA) is 54.7 Å². The molecule has 0 aliphatic carbocycles. The van der Waals surface area contributed by atoms with Crippen LogP contribution < -0.4 is 4.74 Å². The number of amides is 1. The van der Waals surface area contributed by atoms with Gasteiger partial charge in [-0.3, -0.25) is 4.79 Å². The van der Waals surface area contributed by atoms with E-state index in [9.17, 15) is 14.3 Å². The fourth-order valence-corrected chi connectivity index (χ4v) is 5.05. The quantitative estimate of drug-likeness (QED) is 0.584. The third-order valence-electron chi connectivity index (χ3n) is 6.90. The first kappa shape index (κ1) is 22.0. The second kappa shape index (κ2) is 7.89. The smallest absolute Gasteiger partial charge is 0.253 e. The van der Waals surface area contributed by atoms with E-state index in [1.807, 2.05) is 30.5 Å². The van der Waals surface area contributed by atoms with E-state index >= 15 is 0 Å². The fourth-order valence-electron chi connectivity index (χ4n) is 4.89. The average Bonchev–Trinajstić information content (AvgIpc) is 3.30. The van der Waals surface area contributed by atoms with Gasteiger partial charge in [0, 0.05) is 54.2 Å². The maximum atomic E-state index is 14.7. The van der Waals surface area contributed by atoms with Crippen LogP contribution in [0.15, 0.2) is 54.7 Å². The minimum atomic E-state index is -0.713. The zero-order chi connectivity index (χ0) is 23.4. The van der Waals surface area contributed by atoms with E-state index in [2.05, 4.69) is 10.6 Å². The van der Waals surface area contributed by atoms with Crippen molar-refractivity contribution in [2.24, 2.45) is 0 Å². The second-order valence-corrected chi connectivity index (χ2v) is 9.94. The number of carbonyl (C=O) groups is 1. The minimum Gasteiger partial charge on any atom is -0.479 e. The van der Waals surface area contributed by atoms with Gasteiger partial charge >= 0.3 is 0 Å². The highest BCUT2D eigenvalue weighted by Gasteiger charge is 2.44. The molecular weight excluding hydrogens is 443 g/mol. The summed E-state index contributed by atoms with van der Waals surface area (Å²) in [6.07, 6.45) is 3.25. The normalized spacial score (nSPS) is 16.8. The fraction of sp³-hybridized carbons (Fsp3) is 0.346. The van der Waals surface area contributed by atoms with Crippen LogP contribution in [0.3, 0.4) is 0 Å². The number of likely N-dealkylation sites (tertiary alicyclic amines) is 1. The summed E-state index contributed by atoms with van der Waals surface area (Å²) in [4.78, 5) is 14.9. The third-order valence-corrected chi connectivity index (χ3v) is 7.14. The van der Waals surface area contributed by atoms with Crippen molar-refractivity contribution in [3.8, 4) is 11.4 Å². The van der Waals surface area contributed by atoms with Gasteiger partial charge in [-0.15, -0.1) is 0 Å². The van der Waals surface area contributed by atoms with Crippen molar-refractivity contribution in [3.05, 3.63) is 82.4 Å². The maximum Gasteiger partial charge on any atom is 0.253 e. The molecule has 1 N–H and O–H groups in total. The lowest BCUT2D eigenvalue weighted by Gasteiger charge is -2.45. The van der Waals surface area contributed by atoms with Crippen molar-refractivity contribution in [2.75, 3.05) is 19.7 Å². The van der Waals surface area contributed by atoms with Crippen LogP contribution in [0.4, 0.5) is 4.39 Å². The summed E-state index contributed by atoms with van der Waals surface area (Å²) in [5.41, 5.74) is 1.46. The first-order valence-corrected chi connectivity index (χ1v) is 11.5. The molecule has 33 heavy (non-hydrogen) atoms. The van der Waals surface area contributed by atoms with Gasteiger partial charge in [-0.25, -0.2) is 4.39 Å². The number of aliphatic hydroxyl groups is 1. The van der Waals surface area contributed by atoms with Crippen LogP contribution in [0, 0.1) is 5.82 Å². The molecule has 2 aromatic carbocycles. The lowest BCUT2D eigenvalue weighted by molar-refractivity contribution is -0.00931. The van der Waals surface area contributed by atoms with E-state index in [4.69, 9.17) is 16.3 Å². The van der Waals surface area contributed by atoms with Gasteiger partial charge in [0.05, 0.1) is 18.0 Å². The molecule has 1 fully saturated rings. The number of halogens is 2. The van der Waals surface area contributed by atoms with Crippen molar-refractivity contribution in [1.82, 2.24) is 9.47 Å². The van der Waals surface area contributed by atoms with E-state index in [1.54, 1.807) is 30.9 Å². The number of ether oxygens (including phenoxy) is 1. The van der Waals surface area contributed by atoms with Gasteiger partial charge in [-0.05, 0) is 42.0 Å². The molecular formula is C26H26ClFN2O3. The number of aromatic nitrogens is 1. The number of carbonyl (C=O) groups excluding carboxylic acids is 1. The highest BCUT2D eigenvalue weighted by molar-refractivity contribution is 6.30. The summed E-state index contributed by atoms with van der Waals surface area (Å²) in [5, 5.41) is 10.2. The van der Waals surface area contributed by atoms with Gasteiger partial charge < -0.3 is 19.3 Å². The Morgan fingerprint density at radius 1 is 1.18 bits per heavy atom. The Kier molecular flexibility index (Phi) is 5.26. The Hall–Kier alpha value is -2.83. The molecule has 5 nitrogen and oxygen atoms in total. The zero-order valence-corrected chi connectivity index (χ0v) is 19.4. The number of fused-ring (bicyclic) bond motifs is 4. The van der Waals surface area contributed by atoms with Crippen LogP contribution in [-0.2, 0) is 11.0 Å². The molecule has 1 saturated heterocycles. The van der Waals surface area contributed by atoms with Crippen LogP contribution >= 0.6 is 11.6 Å². The van der Waals surface area contributed by atoms with Crippen LogP contribution in [0.1, 0.15) is 48.3 Å². The Labute approximate surface area is 197 Å². The number of nitrogens with zero attached hydrogens (tertiary/aromatic N) is 2. The molecule has 0 bridgehead atoms. The molecule has 1 aromatic heterocycles. The summed E-state index contributed by atoms with van der Waals surface area (Å²) in [6.45, 7) is 4.34. The van der Waals surface area contributed by atoms with Crippen LogP contribution in [0.2, 0.25) is 5.02 Å². The number of benzene rings is 2. The molecule has 0 saturated carbocycles. The first-order chi connectivity index (χ1) is 15.7. The van der Waals surface area contributed by atoms with Crippen LogP contribution in [-0.4, -0.2) is 40.2 Å². The predicted octanol–water partition coefficient (Wildman–Crippen LogP) is 5.06. The monoisotopic (exact) mass is 468 g/mol. The van der Waals surface area contributed by atoms with Gasteiger partial charge in [0.15, 0.2) is 5.60 Å². The number of piperidine rings is 1. The molecule has 3 aromatic rings. The summed E-state index contributed by atoms with van der Waals surface area (Å²) in [7, 11) is 0. The van der Waals surface area contributed by atoms with Gasteiger partial charge in [0.2, 0.25) is 0 Å². The van der Waals surface area contributed by atoms with E-state index < -0.39 is 16.8 Å². The Balaban J connectivity index is 1.37. The molecule has 2 aliphatic rings. The van der Waals surface area contributed by atoms with E-state index in [1.165, 1.54) is 6.07 Å². The summed E-state index contributed by atoms with van der Waals surface area (Å²) >= 11 is 6.21. The molecule has 0 radical (unpaired) electrons. The molecule has 7 heteroatoms. The zero-order valence-electron chi connectivity index (χ0n) is 18.6. The number of rotatable bonds is 3. The molecule has 3 heterocycles. The average molecular weight is 469 g/mol. The Morgan fingerprint density at radius 3 is 2.64 bits per heavy atom. The summed E-state index contributed by atoms with van der Waals surface area (Å²) < 4.78 is 23.4. The van der Waals surface area contributed by atoms with Crippen LogP contribution in [0.5, 0.6) is 5.75 Å². The predicted molar refractivity (Wildman–Crippen MR) is 125 cm³/mol. The molecule has 0 atom stereocenters. The number of aliphatic hydroxyl groups excluding tert-OH is 1. The lowest BCUT2D eigenvalue weighted by atomic mass is 9.84. The van der Waals surface area contributed by atoms with Crippen molar-refractivity contribution >= 4 is 17.5 Å². The van der Waals surface area contributed by atoms with Crippen LogP contribution in [0.25, 0.3) is 5.69 Å². The summed E-state index contributed by atoms with van der Waals surface area (Å²) in [6, 6.07) is 14.2. The number of hydrogen-bond donors (Lipinski definition) is 1. The SMILES string of the molecule is CC(C)(CO)c1ccc(C(=O)N2CCC3(CC2)Oc2cc(Cl)ccc2-n2cccc23)cc1F. The highest BCUT2D eigenvalue weighted by atomic mass is 35.5.